The molecule has 2 N–H and O–H groups in total. The van der Waals surface area contributed by atoms with Gasteiger partial charge in [0.1, 0.15) is 28.9 Å². The Bertz CT molecular complexity index is 1470. The lowest BCUT2D eigenvalue weighted by molar-refractivity contribution is 0.483. The molecule has 0 fully saturated rings. The first-order valence-electron chi connectivity index (χ1n) is 10.9. The molecule has 4 heteroatoms. The zero-order valence-corrected chi connectivity index (χ0v) is 18.3. The highest BCUT2D eigenvalue weighted by Crippen LogP contribution is 2.34. The molecule has 162 valence electrons. The third-order valence-electron chi connectivity index (χ3n) is 5.57. The third kappa shape index (κ3) is 4.36. The second-order valence-corrected chi connectivity index (χ2v) is 7.81. The number of ether oxygens (including phenoxy) is 1. The van der Waals surface area contributed by atoms with Crippen LogP contribution in [0, 0.1) is 11.3 Å². The lowest BCUT2D eigenvalue weighted by atomic mass is 9.97. The summed E-state index contributed by atoms with van der Waals surface area (Å²) < 4.78 is 5.98. The number of hydrogen-bond acceptors (Lipinski definition) is 4. The first-order chi connectivity index (χ1) is 16.7. The highest BCUT2D eigenvalue weighted by Gasteiger charge is 2.14. The first kappa shape index (κ1) is 21.0. The van der Waals surface area contributed by atoms with Crippen LogP contribution in [0.15, 0.2) is 115 Å². The van der Waals surface area contributed by atoms with Gasteiger partial charge in [-0.15, -0.1) is 0 Å². The number of aromatic nitrogens is 1. The maximum absolute atomic E-state index is 9.79. The summed E-state index contributed by atoms with van der Waals surface area (Å²) in [7, 11) is 0. The zero-order chi connectivity index (χ0) is 23.3. The quantitative estimate of drug-likeness (QED) is 0.311. The number of nitrogen functional groups attached to an aromatic ring is 1. The molecule has 0 aliphatic carbocycles. The number of pyridine rings is 1. The van der Waals surface area contributed by atoms with Crippen LogP contribution < -0.4 is 10.5 Å². The summed E-state index contributed by atoms with van der Waals surface area (Å²) in [6.45, 7) is 0. The van der Waals surface area contributed by atoms with Crippen LogP contribution in [-0.4, -0.2) is 4.98 Å². The van der Waals surface area contributed by atoms with E-state index in [0.717, 1.165) is 33.6 Å². The Labute approximate surface area is 198 Å². The Morgan fingerprint density at radius 2 is 1.21 bits per heavy atom. The molecule has 1 heterocycles. The maximum Gasteiger partial charge on any atom is 0.142 e. The summed E-state index contributed by atoms with van der Waals surface area (Å²) in [6, 6.07) is 39.7. The number of benzene rings is 4. The van der Waals surface area contributed by atoms with Gasteiger partial charge in [0, 0.05) is 11.1 Å². The second kappa shape index (κ2) is 9.32. The Kier molecular flexibility index (Phi) is 5.75. The molecule has 0 unspecified atom stereocenters. The number of rotatable bonds is 5. The van der Waals surface area contributed by atoms with Crippen LogP contribution in [-0.2, 0) is 0 Å². The Morgan fingerprint density at radius 3 is 1.91 bits per heavy atom. The molecule has 0 saturated carbocycles. The largest absolute Gasteiger partial charge is 0.457 e. The van der Waals surface area contributed by atoms with Crippen LogP contribution in [0.25, 0.3) is 33.5 Å². The van der Waals surface area contributed by atoms with Gasteiger partial charge in [0.25, 0.3) is 0 Å². The molecule has 1 aromatic heterocycles. The monoisotopic (exact) mass is 439 g/mol. The molecule has 0 saturated heterocycles. The molecular formula is C30H21N3O. The van der Waals surface area contributed by atoms with Crippen molar-refractivity contribution in [2.75, 3.05) is 5.73 Å². The van der Waals surface area contributed by atoms with Crippen molar-refractivity contribution in [2.45, 2.75) is 0 Å². The minimum atomic E-state index is 0.205. The lowest BCUT2D eigenvalue weighted by Gasteiger charge is -2.12. The van der Waals surface area contributed by atoms with E-state index in [4.69, 9.17) is 10.5 Å². The Morgan fingerprint density at radius 1 is 0.618 bits per heavy atom. The van der Waals surface area contributed by atoms with Crippen molar-refractivity contribution in [3.8, 4) is 51.1 Å². The fourth-order valence-corrected chi connectivity index (χ4v) is 3.87. The smallest absolute Gasteiger partial charge is 0.142 e. The van der Waals surface area contributed by atoms with Gasteiger partial charge in [-0.25, -0.2) is 4.98 Å². The number of nitriles is 1. The molecule has 5 rings (SSSR count). The molecule has 0 bridgehead atoms. The van der Waals surface area contributed by atoms with Crippen molar-refractivity contribution in [1.82, 2.24) is 4.98 Å². The molecular weight excluding hydrogens is 418 g/mol. The highest BCUT2D eigenvalue weighted by molar-refractivity contribution is 5.81. The Hall–Kier alpha value is -4.88. The minimum absolute atomic E-state index is 0.205. The van der Waals surface area contributed by atoms with Gasteiger partial charge in [0.15, 0.2) is 0 Å². The lowest BCUT2D eigenvalue weighted by Crippen LogP contribution is -2.00. The summed E-state index contributed by atoms with van der Waals surface area (Å²) in [5, 5.41) is 9.79. The van der Waals surface area contributed by atoms with Gasteiger partial charge in [-0.05, 0) is 47.0 Å². The molecule has 4 aromatic carbocycles. The van der Waals surface area contributed by atoms with Crippen LogP contribution in [0.5, 0.6) is 11.5 Å². The van der Waals surface area contributed by atoms with Crippen LogP contribution in [0.4, 0.5) is 5.82 Å². The topological polar surface area (TPSA) is 71.9 Å². The van der Waals surface area contributed by atoms with Crippen molar-refractivity contribution in [2.24, 2.45) is 0 Å². The van der Waals surface area contributed by atoms with E-state index in [0.29, 0.717) is 17.0 Å². The van der Waals surface area contributed by atoms with E-state index >= 15 is 0 Å². The number of nitrogens with two attached hydrogens (primary N) is 1. The molecule has 0 amide bonds. The van der Waals surface area contributed by atoms with Crippen LogP contribution in [0.2, 0.25) is 0 Å². The average Bonchev–Trinajstić information content (AvgIpc) is 2.89. The SMILES string of the molecule is N#Cc1c(-c2cccc(Oc3ccccc3)c2)cc(-c2ccc(-c3ccccc3)cc2)nc1N. The predicted octanol–water partition coefficient (Wildman–Crippen LogP) is 7.33. The van der Waals surface area contributed by atoms with E-state index in [1.807, 2.05) is 91.0 Å². The molecule has 5 aromatic rings. The van der Waals surface area contributed by atoms with Gasteiger partial charge in [0.05, 0.1) is 5.69 Å². The van der Waals surface area contributed by atoms with Gasteiger partial charge in [-0.2, -0.15) is 5.26 Å². The molecule has 0 aliphatic heterocycles. The number of hydrogen-bond donors (Lipinski definition) is 1. The van der Waals surface area contributed by atoms with Crippen molar-refractivity contribution in [3.63, 3.8) is 0 Å². The molecule has 0 aliphatic rings. The minimum Gasteiger partial charge on any atom is -0.457 e. The highest BCUT2D eigenvalue weighted by atomic mass is 16.5. The standard InChI is InChI=1S/C30H21N3O/c31-20-28-27(24-10-7-13-26(18-24)34-25-11-5-2-6-12-25)19-29(33-30(28)32)23-16-14-22(15-17-23)21-8-3-1-4-9-21/h1-19H,(H2,32,33). The van der Waals surface area contributed by atoms with E-state index < -0.39 is 0 Å². The third-order valence-corrected chi connectivity index (χ3v) is 5.57. The van der Waals surface area contributed by atoms with Crippen molar-refractivity contribution >= 4 is 5.82 Å². The van der Waals surface area contributed by atoms with Crippen LogP contribution in [0.1, 0.15) is 5.56 Å². The van der Waals surface area contributed by atoms with Gasteiger partial charge in [0.2, 0.25) is 0 Å². The molecule has 0 radical (unpaired) electrons. The van der Waals surface area contributed by atoms with E-state index in [9.17, 15) is 5.26 Å². The fourth-order valence-electron chi connectivity index (χ4n) is 3.87. The number of anilines is 1. The van der Waals surface area contributed by atoms with Crippen molar-refractivity contribution < 1.29 is 4.74 Å². The summed E-state index contributed by atoms with van der Waals surface area (Å²) >= 11 is 0. The second-order valence-electron chi connectivity index (χ2n) is 7.81. The number of nitrogens with zero attached hydrogens (tertiary/aromatic N) is 2. The van der Waals surface area contributed by atoms with Crippen LogP contribution in [0.3, 0.4) is 0 Å². The predicted molar refractivity (Wildman–Crippen MR) is 136 cm³/mol. The number of para-hydroxylation sites is 1. The Balaban J connectivity index is 1.52. The average molecular weight is 440 g/mol. The first-order valence-corrected chi connectivity index (χ1v) is 10.9. The summed E-state index contributed by atoms with van der Waals surface area (Å²) in [6.07, 6.45) is 0. The van der Waals surface area contributed by atoms with Gasteiger partial charge in [-0.3, -0.25) is 0 Å². The summed E-state index contributed by atoms with van der Waals surface area (Å²) in [4.78, 5) is 4.52. The van der Waals surface area contributed by atoms with Gasteiger partial charge < -0.3 is 10.5 Å². The van der Waals surface area contributed by atoms with E-state index in [-0.39, 0.29) is 5.82 Å². The van der Waals surface area contributed by atoms with Crippen molar-refractivity contribution in [1.29, 1.82) is 5.26 Å². The normalized spacial score (nSPS) is 10.4. The fraction of sp³-hybridized carbons (Fsp3) is 0. The van der Waals surface area contributed by atoms with E-state index in [1.165, 1.54) is 0 Å². The van der Waals surface area contributed by atoms with Crippen LogP contribution >= 0.6 is 0 Å². The van der Waals surface area contributed by atoms with Crippen molar-refractivity contribution in [3.05, 3.63) is 121 Å². The molecule has 4 nitrogen and oxygen atoms in total. The summed E-state index contributed by atoms with van der Waals surface area (Å²) in [5.41, 5.74) is 12.0. The summed E-state index contributed by atoms with van der Waals surface area (Å²) in [5.74, 6) is 1.63. The van der Waals surface area contributed by atoms with E-state index in [2.05, 4.69) is 35.3 Å². The maximum atomic E-state index is 9.79. The molecule has 0 atom stereocenters. The van der Waals surface area contributed by atoms with Gasteiger partial charge >= 0.3 is 0 Å². The molecule has 34 heavy (non-hydrogen) atoms. The van der Waals surface area contributed by atoms with Gasteiger partial charge in [-0.1, -0.05) is 84.9 Å². The zero-order valence-electron chi connectivity index (χ0n) is 18.3. The molecule has 0 spiro atoms. The van der Waals surface area contributed by atoms with E-state index in [1.54, 1.807) is 0 Å².